The number of carbonyl (C=O) groups is 1. The molecule has 2 heterocycles. The van der Waals surface area contributed by atoms with E-state index in [1.165, 1.54) is 31.4 Å². The molecular weight excluding hydrogens is 340 g/mol. The molecule has 0 saturated carbocycles. The number of esters is 1. The van der Waals surface area contributed by atoms with Crippen molar-refractivity contribution in [2.24, 2.45) is 10.8 Å². The molecule has 5 nitrogen and oxygen atoms in total. The number of hydrogen-bond acceptors (Lipinski definition) is 5. The van der Waals surface area contributed by atoms with Crippen LogP contribution in [0.3, 0.4) is 0 Å². The van der Waals surface area contributed by atoms with E-state index in [-0.39, 0.29) is 11.4 Å². The number of methoxy groups -OCH3 is 1. The second-order valence-electron chi connectivity index (χ2n) is 8.19. The molecule has 2 aliphatic heterocycles. The summed E-state index contributed by atoms with van der Waals surface area (Å²) in [6.45, 7) is 13.5. The molecule has 0 aliphatic carbocycles. The molecular formula is C22H40N2O3. The first kappa shape index (κ1) is 23.9. The quantitative estimate of drug-likeness (QED) is 0.485. The fraction of sp³-hybridized carbons (Fsp3) is 0.773. The van der Waals surface area contributed by atoms with Crippen LogP contribution in [0.4, 0.5) is 0 Å². The maximum Gasteiger partial charge on any atom is 0.305 e. The van der Waals surface area contributed by atoms with E-state index in [0.717, 1.165) is 58.3 Å². The van der Waals surface area contributed by atoms with Crippen LogP contribution in [0, 0.1) is 10.8 Å². The Bertz CT molecular complexity index is 460. The molecule has 156 valence electrons. The van der Waals surface area contributed by atoms with Crippen LogP contribution in [0.2, 0.25) is 0 Å². The van der Waals surface area contributed by atoms with E-state index in [4.69, 9.17) is 0 Å². The van der Waals surface area contributed by atoms with Gasteiger partial charge in [-0.15, -0.1) is 13.2 Å². The normalized spacial score (nSPS) is 28.6. The molecule has 0 aromatic carbocycles. The first-order valence-electron chi connectivity index (χ1n) is 10.4. The number of carbonyl (C=O) groups excluding carboxylic acids is 1. The number of nitrogens with one attached hydrogen (secondary N) is 1. The second-order valence-corrected chi connectivity index (χ2v) is 8.19. The average Bonchev–Trinajstić information content (AvgIpc) is 2.68. The molecule has 2 saturated heterocycles. The standard InChI is InChI=1S/C12H21NO2.C10H19NO/c1-3-6-12(7-4-9-13-10-12)8-5-11(14)15-2;1-3-6-10(4-2)7-5-8-11(12)9-10/h3,13H,1,4-10H2,2H3;3,12H,1,4-9H2,2H3/t12-;10-/m11/s1. The van der Waals surface area contributed by atoms with E-state index in [9.17, 15) is 10.0 Å². The van der Waals surface area contributed by atoms with E-state index in [2.05, 4.69) is 30.1 Å². The summed E-state index contributed by atoms with van der Waals surface area (Å²) in [7, 11) is 1.45. The van der Waals surface area contributed by atoms with Crippen LogP contribution in [0.25, 0.3) is 0 Å². The van der Waals surface area contributed by atoms with E-state index < -0.39 is 0 Å². The number of allylic oxidation sites excluding steroid dienone is 2. The van der Waals surface area contributed by atoms with Gasteiger partial charge in [0.2, 0.25) is 0 Å². The van der Waals surface area contributed by atoms with Gasteiger partial charge in [-0.05, 0) is 68.7 Å². The average molecular weight is 381 g/mol. The maximum absolute atomic E-state index is 11.1. The molecule has 0 radical (unpaired) electrons. The third-order valence-corrected chi connectivity index (χ3v) is 6.19. The molecule has 5 heteroatoms. The first-order valence-corrected chi connectivity index (χ1v) is 10.4. The number of rotatable bonds is 8. The summed E-state index contributed by atoms with van der Waals surface area (Å²) < 4.78 is 4.68. The van der Waals surface area contributed by atoms with Gasteiger partial charge in [-0.25, -0.2) is 0 Å². The van der Waals surface area contributed by atoms with Gasteiger partial charge in [0, 0.05) is 26.1 Å². The number of nitrogens with zero attached hydrogens (tertiary/aromatic N) is 1. The monoisotopic (exact) mass is 380 g/mol. The minimum absolute atomic E-state index is 0.107. The van der Waals surface area contributed by atoms with Crippen LogP contribution in [0.15, 0.2) is 25.3 Å². The lowest BCUT2D eigenvalue weighted by molar-refractivity contribution is -0.141. The fourth-order valence-corrected chi connectivity index (χ4v) is 4.38. The lowest BCUT2D eigenvalue weighted by Crippen LogP contribution is -2.40. The van der Waals surface area contributed by atoms with Crippen LogP contribution < -0.4 is 5.32 Å². The van der Waals surface area contributed by atoms with Crippen LogP contribution in [0.5, 0.6) is 0 Å². The number of hydrogen-bond donors (Lipinski definition) is 2. The van der Waals surface area contributed by atoms with Gasteiger partial charge in [-0.1, -0.05) is 19.1 Å². The highest BCUT2D eigenvalue weighted by atomic mass is 16.5. The fourth-order valence-electron chi connectivity index (χ4n) is 4.38. The Morgan fingerprint density at radius 1 is 1.22 bits per heavy atom. The SMILES string of the molecule is C=CC[C@]1(CC)CCCN(O)C1.C=CC[C@]1(CCC(=O)OC)CCCNC1. The molecule has 0 aromatic rings. The Morgan fingerprint density at radius 2 is 1.89 bits per heavy atom. The smallest absolute Gasteiger partial charge is 0.305 e. The molecule has 2 N–H and O–H groups in total. The minimum atomic E-state index is -0.107. The van der Waals surface area contributed by atoms with E-state index >= 15 is 0 Å². The highest BCUT2D eigenvalue weighted by Crippen LogP contribution is 2.36. The molecule has 0 unspecified atom stereocenters. The first-order chi connectivity index (χ1) is 12.9. The minimum Gasteiger partial charge on any atom is -0.469 e. The van der Waals surface area contributed by atoms with Gasteiger partial charge >= 0.3 is 5.97 Å². The Labute approximate surface area is 165 Å². The van der Waals surface area contributed by atoms with Gasteiger partial charge in [0.1, 0.15) is 0 Å². The molecule has 0 spiro atoms. The summed E-state index contributed by atoms with van der Waals surface area (Å²) in [6.07, 6.45) is 13.2. The van der Waals surface area contributed by atoms with Gasteiger partial charge < -0.3 is 15.3 Å². The zero-order valence-electron chi connectivity index (χ0n) is 17.5. The molecule has 27 heavy (non-hydrogen) atoms. The van der Waals surface area contributed by atoms with E-state index in [0.29, 0.717) is 11.8 Å². The number of piperidine rings is 2. The third-order valence-electron chi connectivity index (χ3n) is 6.19. The summed E-state index contributed by atoms with van der Waals surface area (Å²) in [4.78, 5) is 11.1. The summed E-state index contributed by atoms with van der Waals surface area (Å²) in [5.41, 5.74) is 0.531. The summed E-state index contributed by atoms with van der Waals surface area (Å²) in [6, 6.07) is 0. The summed E-state index contributed by atoms with van der Waals surface area (Å²) in [5, 5.41) is 14.3. The number of ether oxygens (including phenoxy) is 1. The summed E-state index contributed by atoms with van der Waals surface area (Å²) in [5.74, 6) is -0.107. The van der Waals surface area contributed by atoms with Crippen molar-refractivity contribution >= 4 is 5.97 Å². The second kappa shape index (κ2) is 12.3. The van der Waals surface area contributed by atoms with Gasteiger partial charge in [-0.3, -0.25) is 4.79 Å². The third kappa shape index (κ3) is 8.16. The maximum atomic E-state index is 11.1. The van der Waals surface area contributed by atoms with Crippen molar-refractivity contribution in [3.63, 3.8) is 0 Å². The zero-order chi connectivity index (χ0) is 20.2. The molecule has 2 atom stereocenters. The zero-order valence-corrected chi connectivity index (χ0v) is 17.5. The Kier molecular flexibility index (Phi) is 10.9. The van der Waals surface area contributed by atoms with Crippen molar-refractivity contribution in [1.82, 2.24) is 10.4 Å². The Morgan fingerprint density at radius 3 is 2.41 bits per heavy atom. The van der Waals surface area contributed by atoms with Crippen molar-refractivity contribution in [2.75, 3.05) is 33.3 Å². The topological polar surface area (TPSA) is 61.8 Å². The van der Waals surface area contributed by atoms with Crippen molar-refractivity contribution in [2.45, 2.75) is 64.7 Å². The van der Waals surface area contributed by atoms with Gasteiger partial charge in [0.25, 0.3) is 0 Å². The molecule has 2 fully saturated rings. The van der Waals surface area contributed by atoms with Crippen LogP contribution >= 0.6 is 0 Å². The van der Waals surface area contributed by atoms with Crippen molar-refractivity contribution in [1.29, 1.82) is 0 Å². The van der Waals surface area contributed by atoms with Crippen molar-refractivity contribution in [3.8, 4) is 0 Å². The van der Waals surface area contributed by atoms with Crippen molar-refractivity contribution < 1.29 is 14.7 Å². The lowest BCUT2D eigenvalue weighted by atomic mass is 9.74. The molecule has 0 aromatic heterocycles. The summed E-state index contributed by atoms with van der Waals surface area (Å²) >= 11 is 0. The van der Waals surface area contributed by atoms with Gasteiger partial charge in [0.15, 0.2) is 0 Å². The predicted molar refractivity (Wildman–Crippen MR) is 111 cm³/mol. The highest BCUT2D eigenvalue weighted by Gasteiger charge is 2.32. The Balaban J connectivity index is 0.000000277. The predicted octanol–water partition coefficient (Wildman–Crippen LogP) is 4.33. The Hall–Kier alpha value is -1.17. The molecule has 0 bridgehead atoms. The largest absolute Gasteiger partial charge is 0.469 e. The van der Waals surface area contributed by atoms with Crippen LogP contribution in [-0.4, -0.2) is 49.5 Å². The van der Waals surface area contributed by atoms with Gasteiger partial charge in [0.05, 0.1) is 7.11 Å². The molecule has 2 rings (SSSR count). The van der Waals surface area contributed by atoms with Crippen molar-refractivity contribution in [3.05, 3.63) is 25.3 Å². The number of hydroxylamine groups is 2. The van der Waals surface area contributed by atoms with Crippen LogP contribution in [-0.2, 0) is 9.53 Å². The van der Waals surface area contributed by atoms with E-state index in [1.807, 2.05) is 12.2 Å². The molecule has 2 aliphatic rings. The van der Waals surface area contributed by atoms with Crippen LogP contribution in [0.1, 0.15) is 64.7 Å². The van der Waals surface area contributed by atoms with E-state index in [1.54, 1.807) is 0 Å². The molecule has 0 amide bonds. The van der Waals surface area contributed by atoms with Gasteiger partial charge in [-0.2, -0.15) is 5.06 Å². The highest BCUT2D eigenvalue weighted by molar-refractivity contribution is 5.69. The lowest BCUT2D eigenvalue weighted by Gasteiger charge is -2.39.